The second kappa shape index (κ2) is 19.5. The summed E-state index contributed by atoms with van der Waals surface area (Å²) in [4.78, 5) is 0. The van der Waals surface area contributed by atoms with Crippen LogP contribution in [0.5, 0.6) is 0 Å². The standard InChI is InChI=1S/C57H32Br4/c58-53-33-17-45(18-34-53)5-1-41-9-25-49(26-10-41)57(50-27-11-42(12-28-50)2-6-46-19-35-54(59)36-20-46,51-29-13-43(14-30-51)3-7-47-21-37-55(60)38-22-47)52-31-15-44(16-32-52)4-8-48-23-39-56(61)40-24-48/h9-40H. The molecule has 0 saturated heterocycles. The molecule has 0 aliphatic carbocycles. The first-order valence-corrected chi connectivity index (χ1v) is 22.5. The predicted molar refractivity (Wildman–Crippen MR) is 265 cm³/mol. The molecule has 8 rings (SSSR count). The molecule has 0 aliphatic rings. The van der Waals surface area contributed by atoms with Gasteiger partial charge in [0.25, 0.3) is 0 Å². The van der Waals surface area contributed by atoms with Crippen molar-refractivity contribution in [2.75, 3.05) is 0 Å². The van der Waals surface area contributed by atoms with E-state index in [4.69, 9.17) is 0 Å². The molecule has 8 aromatic rings. The van der Waals surface area contributed by atoms with Gasteiger partial charge in [0, 0.05) is 62.4 Å². The third-order valence-electron chi connectivity index (χ3n) is 10.1. The van der Waals surface area contributed by atoms with Crippen molar-refractivity contribution in [3.8, 4) is 47.4 Å². The van der Waals surface area contributed by atoms with E-state index in [1.165, 1.54) is 0 Å². The van der Waals surface area contributed by atoms with Gasteiger partial charge in [0.05, 0.1) is 5.41 Å². The Morgan fingerprint density at radius 1 is 0.197 bits per heavy atom. The molecule has 8 aromatic carbocycles. The minimum absolute atomic E-state index is 0.731. The Bertz CT molecular complexity index is 2610. The minimum atomic E-state index is -0.731. The quantitative estimate of drug-likeness (QED) is 0.122. The van der Waals surface area contributed by atoms with Crippen LogP contribution >= 0.6 is 63.7 Å². The molecule has 0 atom stereocenters. The highest BCUT2D eigenvalue weighted by Crippen LogP contribution is 2.45. The molecule has 0 N–H and O–H groups in total. The first-order valence-electron chi connectivity index (χ1n) is 19.3. The fraction of sp³-hybridized carbons (Fsp3) is 0.0175. The average molecular weight is 1040 g/mol. The summed E-state index contributed by atoms with van der Waals surface area (Å²) in [7, 11) is 0. The number of rotatable bonds is 4. The van der Waals surface area contributed by atoms with E-state index < -0.39 is 5.41 Å². The molecule has 0 bridgehead atoms. The lowest BCUT2D eigenvalue weighted by Crippen LogP contribution is -2.31. The maximum Gasteiger partial charge on any atom is 0.0701 e. The number of hydrogen-bond donors (Lipinski definition) is 0. The smallest absolute Gasteiger partial charge is 0.0617 e. The maximum atomic E-state index is 3.52. The van der Waals surface area contributed by atoms with Crippen molar-refractivity contribution in [3.63, 3.8) is 0 Å². The fourth-order valence-corrected chi connectivity index (χ4v) is 7.98. The van der Waals surface area contributed by atoms with Crippen molar-refractivity contribution in [1.82, 2.24) is 0 Å². The van der Waals surface area contributed by atoms with Crippen LogP contribution in [0.4, 0.5) is 0 Å². The molecule has 0 unspecified atom stereocenters. The zero-order valence-electron chi connectivity index (χ0n) is 32.5. The molecule has 288 valence electrons. The Morgan fingerprint density at radius 3 is 0.475 bits per heavy atom. The Hall–Kier alpha value is -6.08. The van der Waals surface area contributed by atoms with Gasteiger partial charge in [0.2, 0.25) is 0 Å². The summed E-state index contributed by atoms with van der Waals surface area (Å²) in [6.45, 7) is 0. The molecule has 0 fully saturated rings. The number of halogens is 4. The van der Waals surface area contributed by atoms with E-state index in [-0.39, 0.29) is 0 Å². The van der Waals surface area contributed by atoms with E-state index in [9.17, 15) is 0 Å². The van der Waals surface area contributed by atoms with Crippen LogP contribution in [0.25, 0.3) is 0 Å². The van der Waals surface area contributed by atoms with E-state index in [1.54, 1.807) is 0 Å². The maximum absolute atomic E-state index is 3.52. The van der Waals surface area contributed by atoms with Gasteiger partial charge in [-0.1, -0.05) is 160 Å². The van der Waals surface area contributed by atoms with E-state index in [2.05, 4.69) is 208 Å². The van der Waals surface area contributed by atoms with E-state index in [1.807, 2.05) is 97.1 Å². The van der Waals surface area contributed by atoms with E-state index in [0.29, 0.717) is 0 Å². The molecule has 0 radical (unpaired) electrons. The minimum Gasteiger partial charge on any atom is -0.0617 e. The number of hydrogen-bond acceptors (Lipinski definition) is 0. The van der Waals surface area contributed by atoms with Crippen molar-refractivity contribution in [3.05, 3.63) is 279 Å². The first-order chi connectivity index (χ1) is 29.8. The highest BCUT2D eigenvalue weighted by molar-refractivity contribution is 9.11. The summed E-state index contributed by atoms with van der Waals surface area (Å²) >= 11 is 14.1. The van der Waals surface area contributed by atoms with Crippen LogP contribution in [0.3, 0.4) is 0 Å². The monoisotopic (exact) mass is 1030 g/mol. The summed E-state index contributed by atoms with van der Waals surface area (Å²) in [6.07, 6.45) is 0. The Labute approximate surface area is 392 Å². The summed E-state index contributed by atoms with van der Waals surface area (Å²) in [5, 5.41) is 0. The lowest BCUT2D eigenvalue weighted by molar-refractivity contribution is 0.744. The summed E-state index contributed by atoms with van der Waals surface area (Å²) in [5.74, 6) is 26.8. The Balaban J connectivity index is 1.26. The summed E-state index contributed by atoms with van der Waals surface area (Å²) in [5.41, 5.74) is 11.2. The molecule has 0 heterocycles. The van der Waals surface area contributed by atoms with Crippen molar-refractivity contribution < 1.29 is 0 Å². The largest absolute Gasteiger partial charge is 0.0701 e. The molecular formula is C57H32Br4. The van der Waals surface area contributed by atoms with Crippen LogP contribution in [-0.2, 0) is 5.41 Å². The molecule has 4 heteroatoms. The molecule has 0 aliphatic heterocycles. The van der Waals surface area contributed by atoms with Gasteiger partial charge in [-0.2, -0.15) is 0 Å². The second-order valence-electron chi connectivity index (χ2n) is 14.1. The van der Waals surface area contributed by atoms with Gasteiger partial charge in [-0.25, -0.2) is 0 Å². The third-order valence-corrected chi connectivity index (χ3v) is 12.2. The van der Waals surface area contributed by atoms with Crippen LogP contribution in [0.1, 0.15) is 66.8 Å². The molecule has 61 heavy (non-hydrogen) atoms. The van der Waals surface area contributed by atoms with Crippen LogP contribution in [0, 0.1) is 47.4 Å². The zero-order chi connectivity index (χ0) is 42.0. The van der Waals surface area contributed by atoms with Gasteiger partial charge < -0.3 is 0 Å². The van der Waals surface area contributed by atoms with Crippen molar-refractivity contribution in [1.29, 1.82) is 0 Å². The molecule has 0 nitrogen and oxygen atoms in total. The van der Waals surface area contributed by atoms with Crippen molar-refractivity contribution >= 4 is 63.7 Å². The summed E-state index contributed by atoms with van der Waals surface area (Å²) in [6, 6.07) is 66.8. The van der Waals surface area contributed by atoms with Gasteiger partial charge in [0.15, 0.2) is 0 Å². The van der Waals surface area contributed by atoms with Gasteiger partial charge in [-0.15, -0.1) is 0 Å². The van der Waals surface area contributed by atoms with Crippen molar-refractivity contribution in [2.24, 2.45) is 0 Å². The predicted octanol–water partition coefficient (Wildman–Crippen LogP) is 14.7. The summed E-state index contributed by atoms with van der Waals surface area (Å²) < 4.78 is 4.10. The Kier molecular flexibility index (Phi) is 13.3. The van der Waals surface area contributed by atoms with Gasteiger partial charge in [0.1, 0.15) is 0 Å². The van der Waals surface area contributed by atoms with Crippen molar-refractivity contribution in [2.45, 2.75) is 5.41 Å². The lowest BCUT2D eigenvalue weighted by atomic mass is 9.65. The molecular weight excluding hydrogens is 1000 g/mol. The molecule has 0 spiro atoms. The van der Waals surface area contributed by atoms with E-state index in [0.717, 1.165) is 84.7 Å². The van der Waals surface area contributed by atoms with Crippen LogP contribution in [0.2, 0.25) is 0 Å². The topological polar surface area (TPSA) is 0 Å². The highest BCUT2D eigenvalue weighted by atomic mass is 79.9. The average Bonchev–Trinajstić information content (AvgIpc) is 3.30. The first kappa shape index (κ1) is 41.6. The highest BCUT2D eigenvalue weighted by Gasteiger charge is 2.38. The molecule has 0 amide bonds. The lowest BCUT2D eigenvalue weighted by Gasteiger charge is -2.37. The zero-order valence-corrected chi connectivity index (χ0v) is 38.8. The number of benzene rings is 8. The third kappa shape index (κ3) is 10.5. The molecule has 0 saturated carbocycles. The SMILES string of the molecule is Brc1ccc(C#Cc2ccc(C(c3ccc(C#Cc4ccc(Br)cc4)cc3)(c3ccc(C#Cc4ccc(Br)cc4)cc3)c3ccc(C#Cc4ccc(Br)cc4)cc3)cc2)cc1. The molecule has 0 aromatic heterocycles. The second-order valence-corrected chi connectivity index (χ2v) is 17.7. The van der Waals surface area contributed by atoms with Gasteiger partial charge in [-0.05, 0) is 168 Å². The normalized spacial score (nSPS) is 10.4. The van der Waals surface area contributed by atoms with Crippen LogP contribution in [-0.4, -0.2) is 0 Å². The van der Waals surface area contributed by atoms with Crippen LogP contribution < -0.4 is 0 Å². The van der Waals surface area contributed by atoms with E-state index >= 15 is 0 Å². The van der Waals surface area contributed by atoms with Gasteiger partial charge >= 0.3 is 0 Å². The Morgan fingerprint density at radius 2 is 0.328 bits per heavy atom. The van der Waals surface area contributed by atoms with Crippen LogP contribution in [0.15, 0.2) is 212 Å². The fourth-order valence-electron chi connectivity index (χ4n) is 6.92. The van der Waals surface area contributed by atoms with Gasteiger partial charge in [-0.3, -0.25) is 0 Å².